The first-order valence-corrected chi connectivity index (χ1v) is 7.37. The zero-order valence-corrected chi connectivity index (χ0v) is 13.2. The Morgan fingerprint density at radius 3 is 2.45 bits per heavy atom. The number of nitrogens with zero attached hydrogens (tertiary/aromatic N) is 3. The van der Waals surface area contributed by atoms with Crippen LogP contribution in [0.1, 0.15) is 23.3 Å². The first-order valence-electron chi connectivity index (χ1n) is 6.49. The Kier molecular flexibility index (Phi) is 4.18. The molecule has 2 heterocycles. The minimum absolute atomic E-state index is 0.0415. The minimum atomic E-state index is -1.05. The fourth-order valence-corrected chi connectivity index (χ4v) is 3.32. The van der Waals surface area contributed by atoms with Crippen molar-refractivity contribution in [2.45, 2.75) is 18.9 Å². The van der Waals surface area contributed by atoms with Gasteiger partial charge < -0.3 is 5.73 Å². The lowest BCUT2D eigenvalue weighted by Gasteiger charge is -2.20. The van der Waals surface area contributed by atoms with Crippen LogP contribution in [0.25, 0.3) is 0 Å². The van der Waals surface area contributed by atoms with E-state index >= 15 is 0 Å². The van der Waals surface area contributed by atoms with E-state index in [0.29, 0.717) is 4.88 Å². The summed E-state index contributed by atoms with van der Waals surface area (Å²) in [6.07, 6.45) is 0. The summed E-state index contributed by atoms with van der Waals surface area (Å²) in [5.41, 5.74) is 4.84. The van der Waals surface area contributed by atoms with Crippen LogP contribution in [-0.4, -0.2) is 20.1 Å². The molecular formula is C13H16N4O4S. The van der Waals surface area contributed by atoms with Crippen molar-refractivity contribution in [1.82, 2.24) is 9.13 Å². The van der Waals surface area contributed by atoms with Gasteiger partial charge in [-0.15, -0.1) is 11.3 Å². The van der Waals surface area contributed by atoms with Crippen LogP contribution >= 0.6 is 11.3 Å². The van der Waals surface area contributed by atoms with Crippen molar-refractivity contribution in [1.29, 1.82) is 0 Å². The average molecular weight is 324 g/mol. The number of anilines is 1. The highest BCUT2D eigenvalue weighted by molar-refractivity contribution is 7.10. The molecule has 0 bridgehead atoms. The molecule has 0 fully saturated rings. The van der Waals surface area contributed by atoms with E-state index in [9.17, 15) is 19.7 Å². The van der Waals surface area contributed by atoms with E-state index in [4.69, 9.17) is 5.73 Å². The van der Waals surface area contributed by atoms with Crippen LogP contribution in [0.3, 0.4) is 0 Å². The van der Waals surface area contributed by atoms with Gasteiger partial charge in [0.25, 0.3) is 5.56 Å². The molecule has 0 radical (unpaired) electrons. The number of nitrogen functional groups attached to an aromatic ring is 1. The maximum atomic E-state index is 12.5. The van der Waals surface area contributed by atoms with Crippen LogP contribution in [0.15, 0.2) is 27.1 Å². The predicted octanol–water partition coefficient (Wildman–Crippen LogP) is 0.525. The largest absolute Gasteiger partial charge is 0.385 e. The van der Waals surface area contributed by atoms with Crippen molar-refractivity contribution in [3.8, 4) is 0 Å². The molecule has 2 aromatic rings. The van der Waals surface area contributed by atoms with Crippen molar-refractivity contribution >= 4 is 17.2 Å². The number of nitro groups is 1. The Morgan fingerprint density at radius 1 is 1.32 bits per heavy atom. The summed E-state index contributed by atoms with van der Waals surface area (Å²) in [6.45, 7) is 1.42. The first kappa shape index (κ1) is 16.0. The van der Waals surface area contributed by atoms with Crippen molar-refractivity contribution in [3.05, 3.63) is 58.9 Å². The van der Waals surface area contributed by atoms with Crippen LogP contribution in [0.2, 0.25) is 0 Å². The normalized spacial score (nSPS) is 13.8. The number of hydrogen-bond donors (Lipinski definition) is 1. The Labute approximate surface area is 129 Å². The van der Waals surface area contributed by atoms with Crippen LogP contribution in [0, 0.1) is 10.1 Å². The minimum Gasteiger partial charge on any atom is -0.385 e. The first-order chi connectivity index (χ1) is 10.3. The smallest absolute Gasteiger partial charge is 0.332 e. The SMILES string of the molecule is C[C@H]([C@@H](c1cccs1)c1c(N)n(C)c(=O)n(C)c1=O)[N+](=O)[O-]. The second kappa shape index (κ2) is 5.76. The zero-order valence-electron chi connectivity index (χ0n) is 12.3. The summed E-state index contributed by atoms with van der Waals surface area (Å²) >= 11 is 1.31. The molecule has 0 saturated carbocycles. The molecule has 8 nitrogen and oxygen atoms in total. The highest BCUT2D eigenvalue weighted by Crippen LogP contribution is 2.33. The van der Waals surface area contributed by atoms with E-state index in [1.54, 1.807) is 17.5 Å². The number of aromatic nitrogens is 2. The zero-order chi connectivity index (χ0) is 16.6. The third kappa shape index (κ3) is 2.43. The number of nitrogens with two attached hydrogens (primary N) is 1. The van der Waals surface area contributed by atoms with Gasteiger partial charge in [0, 0.05) is 30.8 Å². The third-order valence-electron chi connectivity index (χ3n) is 3.72. The lowest BCUT2D eigenvalue weighted by atomic mass is 9.92. The average Bonchev–Trinajstić information content (AvgIpc) is 3.00. The van der Waals surface area contributed by atoms with E-state index in [-0.39, 0.29) is 11.4 Å². The molecule has 0 aliphatic carbocycles. The Balaban J connectivity index is 2.82. The summed E-state index contributed by atoms with van der Waals surface area (Å²) in [4.78, 5) is 35.8. The van der Waals surface area contributed by atoms with Crippen molar-refractivity contribution < 1.29 is 4.92 Å². The second-order valence-electron chi connectivity index (χ2n) is 5.02. The molecule has 0 aliphatic heterocycles. The van der Waals surface area contributed by atoms with Crippen LogP contribution in [0.4, 0.5) is 5.82 Å². The monoisotopic (exact) mass is 324 g/mol. The van der Waals surface area contributed by atoms with Crippen molar-refractivity contribution in [2.75, 3.05) is 5.73 Å². The van der Waals surface area contributed by atoms with Gasteiger partial charge in [0.15, 0.2) is 0 Å². The molecule has 2 aromatic heterocycles. The number of hydrogen-bond acceptors (Lipinski definition) is 6. The van der Waals surface area contributed by atoms with E-state index in [1.807, 2.05) is 0 Å². The van der Waals surface area contributed by atoms with E-state index < -0.39 is 28.1 Å². The van der Waals surface area contributed by atoms with Crippen LogP contribution in [0.5, 0.6) is 0 Å². The Bertz CT molecular complexity index is 822. The molecule has 0 spiro atoms. The molecule has 2 atom stereocenters. The van der Waals surface area contributed by atoms with Gasteiger partial charge >= 0.3 is 5.69 Å². The topological polar surface area (TPSA) is 113 Å². The lowest BCUT2D eigenvalue weighted by molar-refractivity contribution is -0.520. The van der Waals surface area contributed by atoms with Crippen LogP contribution in [-0.2, 0) is 14.1 Å². The van der Waals surface area contributed by atoms with E-state index in [0.717, 1.165) is 9.13 Å². The van der Waals surface area contributed by atoms with Gasteiger partial charge in [-0.3, -0.25) is 24.0 Å². The molecular weight excluding hydrogens is 308 g/mol. The van der Waals surface area contributed by atoms with Gasteiger partial charge in [-0.25, -0.2) is 4.79 Å². The number of thiophene rings is 1. The van der Waals surface area contributed by atoms with Gasteiger partial charge in [0.05, 0.1) is 11.5 Å². The fourth-order valence-electron chi connectivity index (χ4n) is 2.39. The predicted molar refractivity (Wildman–Crippen MR) is 84.0 cm³/mol. The highest BCUT2D eigenvalue weighted by Gasteiger charge is 2.35. The Hall–Kier alpha value is -2.42. The fraction of sp³-hybridized carbons (Fsp3) is 0.385. The second-order valence-corrected chi connectivity index (χ2v) is 6.00. The van der Waals surface area contributed by atoms with E-state index in [1.165, 1.54) is 32.4 Å². The third-order valence-corrected chi connectivity index (χ3v) is 4.68. The molecule has 22 heavy (non-hydrogen) atoms. The van der Waals surface area contributed by atoms with Crippen molar-refractivity contribution in [3.63, 3.8) is 0 Å². The molecule has 0 aromatic carbocycles. The molecule has 9 heteroatoms. The lowest BCUT2D eigenvalue weighted by Crippen LogP contribution is -2.43. The summed E-state index contributed by atoms with van der Waals surface area (Å²) in [5, 5.41) is 13.0. The van der Waals surface area contributed by atoms with Gasteiger partial charge in [0.2, 0.25) is 6.04 Å². The maximum absolute atomic E-state index is 12.5. The quantitative estimate of drug-likeness (QED) is 0.651. The summed E-state index contributed by atoms with van der Waals surface area (Å²) < 4.78 is 2.04. The molecule has 0 saturated heterocycles. The summed E-state index contributed by atoms with van der Waals surface area (Å²) in [5.74, 6) is -0.847. The van der Waals surface area contributed by atoms with Gasteiger partial charge in [-0.1, -0.05) is 6.07 Å². The van der Waals surface area contributed by atoms with Crippen molar-refractivity contribution in [2.24, 2.45) is 14.1 Å². The molecule has 118 valence electrons. The molecule has 0 amide bonds. The maximum Gasteiger partial charge on any atom is 0.332 e. The van der Waals surface area contributed by atoms with Crippen LogP contribution < -0.4 is 17.0 Å². The van der Waals surface area contributed by atoms with E-state index in [2.05, 4.69) is 0 Å². The van der Waals surface area contributed by atoms with Gasteiger partial charge in [-0.05, 0) is 11.4 Å². The molecule has 2 rings (SSSR count). The summed E-state index contributed by atoms with van der Waals surface area (Å²) in [7, 11) is 2.76. The Morgan fingerprint density at radius 2 is 1.95 bits per heavy atom. The van der Waals surface area contributed by atoms with Gasteiger partial charge in [-0.2, -0.15) is 0 Å². The molecule has 0 unspecified atom stereocenters. The molecule has 0 aliphatic rings. The standard InChI is InChI=1S/C13H16N4O4S/c1-7(17(20)21)9(8-5-4-6-22-8)10-11(14)15(2)13(19)16(3)12(10)18/h4-7,9H,14H2,1-3H3/t7-,9+/m1/s1. The molecule has 2 N–H and O–H groups in total. The number of rotatable bonds is 4. The van der Waals surface area contributed by atoms with Gasteiger partial charge in [0.1, 0.15) is 5.82 Å². The highest BCUT2D eigenvalue weighted by atomic mass is 32.1. The summed E-state index contributed by atoms with van der Waals surface area (Å²) in [6, 6.07) is 2.42.